The maximum absolute atomic E-state index is 10.7. The first kappa shape index (κ1) is 9.04. The molecule has 0 saturated heterocycles. The van der Waals surface area contributed by atoms with Gasteiger partial charge < -0.3 is 5.21 Å². The molecule has 1 rings (SSSR count). The van der Waals surface area contributed by atoms with E-state index in [-0.39, 0.29) is 0 Å². The smallest absolute Gasteiger partial charge is 0.180 e. The zero-order valence-corrected chi connectivity index (χ0v) is 7.66. The van der Waals surface area contributed by atoms with E-state index in [9.17, 15) is 5.21 Å². The standard InChI is InChI=1S/C10H15NO/c1-3-9(4-2)10-5-7-11(12)8-6-10/h5-9H,3-4H2,1-2H3. The van der Waals surface area contributed by atoms with Crippen molar-refractivity contribution in [2.24, 2.45) is 0 Å². The summed E-state index contributed by atoms with van der Waals surface area (Å²) in [6, 6.07) is 3.81. The van der Waals surface area contributed by atoms with Crippen molar-refractivity contribution in [2.75, 3.05) is 0 Å². The van der Waals surface area contributed by atoms with Crippen LogP contribution >= 0.6 is 0 Å². The minimum Gasteiger partial charge on any atom is -0.619 e. The van der Waals surface area contributed by atoms with Gasteiger partial charge in [0.1, 0.15) is 0 Å². The average Bonchev–Trinajstić information content (AvgIpc) is 2.10. The number of rotatable bonds is 3. The van der Waals surface area contributed by atoms with Gasteiger partial charge in [-0.1, -0.05) is 13.8 Å². The van der Waals surface area contributed by atoms with E-state index in [2.05, 4.69) is 13.8 Å². The van der Waals surface area contributed by atoms with Gasteiger partial charge in [-0.15, -0.1) is 0 Å². The van der Waals surface area contributed by atoms with Crippen LogP contribution in [0.1, 0.15) is 38.2 Å². The highest BCUT2D eigenvalue weighted by molar-refractivity contribution is 5.13. The molecule has 0 aliphatic heterocycles. The van der Waals surface area contributed by atoms with Crippen molar-refractivity contribution in [3.8, 4) is 0 Å². The fourth-order valence-corrected chi connectivity index (χ4v) is 1.46. The van der Waals surface area contributed by atoms with E-state index < -0.39 is 0 Å². The van der Waals surface area contributed by atoms with Crippen LogP contribution in [0.25, 0.3) is 0 Å². The molecule has 0 radical (unpaired) electrons. The highest BCUT2D eigenvalue weighted by Crippen LogP contribution is 2.21. The topological polar surface area (TPSA) is 26.9 Å². The molecule has 0 saturated carbocycles. The second kappa shape index (κ2) is 4.10. The van der Waals surface area contributed by atoms with Gasteiger partial charge >= 0.3 is 0 Å². The molecule has 12 heavy (non-hydrogen) atoms. The maximum Gasteiger partial charge on any atom is 0.180 e. The largest absolute Gasteiger partial charge is 0.619 e. The predicted octanol–water partition coefficient (Wildman–Crippen LogP) is 2.22. The molecule has 0 fully saturated rings. The Bertz CT molecular complexity index is 226. The predicted molar refractivity (Wildman–Crippen MR) is 48.7 cm³/mol. The van der Waals surface area contributed by atoms with Gasteiger partial charge in [0.2, 0.25) is 0 Å². The first-order chi connectivity index (χ1) is 5.77. The molecular weight excluding hydrogens is 150 g/mol. The lowest BCUT2D eigenvalue weighted by molar-refractivity contribution is -0.605. The lowest BCUT2D eigenvalue weighted by Gasteiger charge is -2.11. The van der Waals surface area contributed by atoms with Crippen LogP contribution in [0.3, 0.4) is 0 Å². The summed E-state index contributed by atoms with van der Waals surface area (Å²) in [6.45, 7) is 4.35. The monoisotopic (exact) mass is 165 g/mol. The molecule has 0 aliphatic rings. The Morgan fingerprint density at radius 2 is 1.75 bits per heavy atom. The molecule has 1 heterocycles. The minimum atomic E-state index is 0.603. The van der Waals surface area contributed by atoms with Gasteiger partial charge in [0.25, 0.3) is 0 Å². The van der Waals surface area contributed by atoms with E-state index in [1.54, 1.807) is 12.4 Å². The van der Waals surface area contributed by atoms with Gasteiger partial charge in [-0.25, -0.2) is 0 Å². The third-order valence-electron chi connectivity index (χ3n) is 2.28. The molecular formula is C10H15NO. The van der Waals surface area contributed by atoms with Crippen molar-refractivity contribution in [1.29, 1.82) is 0 Å². The Kier molecular flexibility index (Phi) is 3.09. The molecule has 0 aliphatic carbocycles. The molecule has 2 nitrogen and oxygen atoms in total. The highest BCUT2D eigenvalue weighted by atomic mass is 16.5. The summed E-state index contributed by atoms with van der Waals surface area (Å²) in [7, 11) is 0. The maximum atomic E-state index is 10.7. The van der Waals surface area contributed by atoms with Gasteiger partial charge in [0.15, 0.2) is 12.4 Å². The normalized spacial score (nSPS) is 10.6. The van der Waals surface area contributed by atoms with Crippen LogP contribution < -0.4 is 4.73 Å². The van der Waals surface area contributed by atoms with Crippen molar-refractivity contribution in [3.63, 3.8) is 0 Å². The van der Waals surface area contributed by atoms with Crippen LogP contribution in [0.15, 0.2) is 24.5 Å². The zero-order valence-electron chi connectivity index (χ0n) is 7.66. The summed E-state index contributed by atoms with van der Waals surface area (Å²) in [5, 5.41) is 10.7. The summed E-state index contributed by atoms with van der Waals surface area (Å²) in [5.41, 5.74) is 1.27. The van der Waals surface area contributed by atoms with Crippen LogP contribution in [0.2, 0.25) is 0 Å². The SMILES string of the molecule is CCC(CC)c1cc[n+]([O-])cc1. The molecule has 1 aromatic rings. The second-order valence-electron chi connectivity index (χ2n) is 3.00. The molecule has 0 atom stereocenters. The lowest BCUT2D eigenvalue weighted by Crippen LogP contribution is -2.24. The highest BCUT2D eigenvalue weighted by Gasteiger charge is 2.06. The average molecular weight is 165 g/mol. The van der Waals surface area contributed by atoms with Gasteiger partial charge in [-0.3, -0.25) is 0 Å². The van der Waals surface area contributed by atoms with Crippen molar-refractivity contribution in [2.45, 2.75) is 32.6 Å². The summed E-state index contributed by atoms with van der Waals surface area (Å²) in [5.74, 6) is 0.603. The molecule has 2 heteroatoms. The number of hydrogen-bond donors (Lipinski definition) is 0. The zero-order chi connectivity index (χ0) is 8.97. The lowest BCUT2D eigenvalue weighted by atomic mass is 9.95. The summed E-state index contributed by atoms with van der Waals surface area (Å²) in [6.07, 6.45) is 5.40. The van der Waals surface area contributed by atoms with Crippen LogP contribution in [0.4, 0.5) is 0 Å². The number of hydrogen-bond acceptors (Lipinski definition) is 1. The van der Waals surface area contributed by atoms with E-state index in [4.69, 9.17) is 0 Å². The number of aromatic nitrogens is 1. The van der Waals surface area contributed by atoms with Gasteiger partial charge in [-0.05, 0) is 24.3 Å². The Labute approximate surface area is 73.4 Å². The molecule has 1 aromatic heterocycles. The van der Waals surface area contributed by atoms with Crippen LogP contribution in [0.5, 0.6) is 0 Å². The Hall–Kier alpha value is -1.05. The first-order valence-electron chi connectivity index (χ1n) is 4.46. The van der Waals surface area contributed by atoms with Gasteiger partial charge in [0, 0.05) is 12.1 Å². The van der Waals surface area contributed by atoms with Crippen molar-refractivity contribution < 1.29 is 4.73 Å². The van der Waals surface area contributed by atoms with E-state index in [0.717, 1.165) is 17.6 Å². The summed E-state index contributed by atoms with van der Waals surface area (Å²) in [4.78, 5) is 0. The third kappa shape index (κ3) is 1.97. The van der Waals surface area contributed by atoms with E-state index in [1.165, 1.54) is 5.56 Å². The van der Waals surface area contributed by atoms with E-state index in [1.807, 2.05) is 12.1 Å². The second-order valence-corrected chi connectivity index (χ2v) is 3.00. The van der Waals surface area contributed by atoms with Crippen molar-refractivity contribution in [1.82, 2.24) is 0 Å². The van der Waals surface area contributed by atoms with Crippen LogP contribution in [0, 0.1) is 5.21 Å². The Balaban J connectivity index is 2.80. The minimum absolute atomic E-state index is 0.603. The third-order valence-corrected chi connectivity index (χ3v) is 2.28. The fraction of sp³-hybridized carbons (Fsp3) is 0.500. The molecule has 0 spiro atoms. The van der Waals surface area contributed by atoms with Crippen LogP contribution in [-0.4, -0.2) is 0 Å². The Morgan fingerprint density at radius 3 is 2.17 bits per heavy atom. The van der Waals surface area contributed by atoms with Gasteiger partial charge in [-0.2, -0.15) is 4.73 Å². The van der Waals surface area contributed by atoms with E-state index in [0.29, 0.717) is 5.92 Å². The van der Waals surface area contributed by atoms with Crippen LogP contribution in [-0.2, 0) is 0 Å². The molecule has 0 amide bonds. The fourth-order valence-electron chi connectivity index (χ4n) is 1.46. The number of nitrogens with zero attached hydrogens (tertiary/aromatic N) is 1. The van der Waals surface area contributed by atoms with Crippen molar-refractivity contribution >= 4 is 0 Å². The summed E-state index contributed by atoms with van der Waals surface area (Å²) < 4.78 is 0.825. The quantitative estimate of drug-likeness (QED) is 0.498. The number of pyridine rings is 1. The molecule has 0 aromatic carbocycles. The molecule has 0 unspecified atom stereocenters. The molecule has 66 valence electrons. The van der Waals surface area contributed by atoms with Gasteiger partial charge in [0.05, 0.1) is 0 Å². The van der Waals surface area contributed by atoms with Crippen molar-refractivity contribution in [3.05, 3.63) is 35.3 Å². The molecule has 0 bridgehead atoms. The molecule has 0 N–H and O–H groups in total. The van der Waals surface area contributed by atoms with E-state index >= 15 is 0 Å². The first-order valence-corrected chi connectivity index (χ1v) is 4.46. The Morgan fingerprint density at radius 1 is 1.25 bits per heavy atom. The summed E-state index contributed by atoms with van der Waals surface area (Å²) >= 11 is 0.